The van der Waals surface area contributed by atoms with Crippen LogP contribution in [0.25, 0.3) is 0 Å². The molecular formula is C14H21Cl2N3O3. The monoisotopic (exact) mass is 349 g/mol. The first kappa shape index (κ1) is 17.3. The summed E-state index contributed by atoms with van der Waals surface area (Å²) in [5.41, 5.74) is -0.303. The summed E-state index contributed by atoms with van der Waals surface area (Å²) in [6.07, 6.45) is 5.72. The van der Waals surface area contributed by atoms with Gasteiger partial charge in [-0.25, -0.2) is 0 Å². The van der Waals surface area contributed by atoms with Crippen LogP contribution in [-0.2, 0) is 4.79 Å². The lowest BCUT2D eigenvalue weighted by Gasteiger charge is -2.32. The molecule has 2 fully saturated rings. The largest absolute Gasteiger partial charge is 0.367 e. The van der Waals surface area contributed by atoms with Gasteiger partial charge in [-0.3, -0.25) is 14.9 Å². The number of hydrogen-bond donors (Lipinski definition) is 0. The minimum absolute atomic E-state index is 0.156. The summed E-state index contributed by atoms with van der Waals surface area (Å²) in [4.78, 5) is 25.8. The summed E-state index contributed by atoms with van der Waals surface area (Å²) in [6.45, 7) is 2.41. The second kappa shape index (κ2) is 8.02. The van der Waals surface area contributed by atoms with Crippen LogP contribution in [0.5, 0.6) is 0 Å². The molecule has 0 aromatic rings. The first-order valence-corrected chi connectivity index (χ1v) is 8.60. The zero-order chi connectivity index (χ0) is 16.1. The van der Waals surface area contributed by atoms with Gasteiger partial charge in [0.2, 0.25) is 0 Å². The Morgan fingerprint density at radius 2 is 1.36 bits per heavy atom. The molecule has 0 aliphatic carbocycles. The Balaban J connectivity index is 2.34. The zero-order valence-corrected chi connectivity index (χ0v) is 14.0. The van der Waals surface area contributed by atoms with Crippen LogP contribution in [0.2, 0.25) is 0 Å². The van der Waals surface area contributed by atoms with Gasteiger partial charge in [0.05, 0.1) is 4.92 Å². The van der Waals surface area contributed by atoms with Gasteiger partial charge >= 0.3 is 11.6 Å². The van der Waals surface area contributed by atoms with Crippen molar-refractivity contribution in [3.63, 3.8) is 0 Å². The van der Waals surface area contributed by atoms with Crippen molar-refractivity contribution in [2.45, 2.75) is 43.4 Å². The first-order valence-electron chi connectivity index (χ1n) is 7.73. The number of nitro groups is 1. The molecule has 0 unspecified atom stereocenters. The second-order valence-electron chi connectivity index (χ2n) is 5.69. The van der Waals surface area contributed by atoms with Crippen LogP contribution in [0.15, 0.2) is 11.4 Å². The number of rotatable bonds is 4. The van der Waals surface area contributed by atoms with E-state index in [9.17, 15) is 14.9 Å². The maximum absolute atomic E-state index is 12.6. The van der Waals surface area contributed by atoms with Gasteiger partial charge in [0.1, 0.15) is 5.70 Å². The van der Waals surface area contributed by atoms with E-state index >= 15 is 0 Å². The number of likely N-dealkylation sites (tertiary alicyclic amines) is 2. The molecular weight excluding hydrogens is 329 g/mol. The third-order valence-electron chi connectivity index (χ3n) is 4.17. The molecule has 0 atom stereocenters. The average Bonchev–Trinajstić information content (AvgIpc) is 2.52. The predicted octanol–water partition coefficient (Wildman–Crippen LogP) is 2.78. The number of carbonyl (C=O) groups is 1. The number of halogens is 2. The summed E-state index contributed by atoms with van der Waals surface area (Å²) in [7, 11) is 0. The Labute approximate surface area is 140 Å². The summed E-state index contributed by atoms with van der Waals surface area (Å²) in [5, 5.41) is 11.5. The summed E-state index contributed by atoms with van der Waals surface area (Å²) in [6, 6.07) is 0. The average molecular weight is 350 g/mol. The lowest BCUT2D eigenvalue weighted by atomic mass is 10.1. The van der Waals surface area contributed by atoms with Crippen LogP contribution in [-0.4, -0.2) is 51.6 Å². The van der Waals surface area contributed by atoms with E-state index in [1.165, 1.54) is 0 Å². The lowest BCUT2D eigenvalue weighted by molar-refractivity contribution is -0.422. The Bertz CT molecular complexity index is 456. The summed E-state index contributed by atoms with van der Waals surface area (Å²) in [5.74, 6) is -0.559. The highest BCUT2D eigenvalue weighted by molar-refractivity contribution is 6.46. The van der Waals surface area contributed by atoms with E-state index in [-0.39, 0.29) is 5.70 Å². The molecule has 0 saturated carbocycles. The standard InChI is InChI=1S/C14H21Cl2N3O3/c15-13(16)11(17-7-3-1-4-8-17)12(19(21)22)14(20)18-9-5-2-6-10-18/h13H,1-10H2/b12-11-. The van der Waals surface area contributed by atoms with Crippen LogP contribution in [0.1, 0.15) is 38.5 Å². The van der Waals surface area contributed by atoms with Gasteiger partial charge in [-0.2, -0.15) is 0 Å². The molecule has 0 bridgehead atoms. The number of amides is 1. The maximum Gasteiger partial charge on any atom is 0.355 e. The zero-order valence-electron chi connectivity index (χ0n) is 12.5. The van der Waals surface area contributed by atoms with E-state index in [0.29, 0.717) is 26.2 Å². The molecule has 2 aliphatic heterocycles. The molecule has 6 nitrogen and oxygen atoms in total. The number of piperidine rings is 2. The quantitative estimate of drug-likeness (QED) is 0.338. The molecule has 22 heavy (non-hydrogen) atoms. The fraction of sp³-hybridized carbons (Fsp3) is 0.786. The molecule has 8 heteroatoms. The Hall–Kier alpha value is -1.01. The van der Waals surface area contributed by atoms with E-state index in [0.717, 1.165) is 38.5 Å². The van der Waals surface area contributed by atoms with Gasteiger partial charge in [0, 0.05) is 26.2 Å². The minimum atomic E-state index is -1.08. The smallest absolute Gasteiger partial charge is 0.355 e. The van der Waals surface area contributed by atoms with Gasteiger partial charge in [-0.1, -0.05) is 23.2 Å². The van der Waals surface area contributed by atoms with E-state index in [4.69, 9.17) is 23.2 Å². The molecule has 0 aromatic carbocycles. The third-order valence-corrected chi connectivity index (χ3v) is 4.59. The summed E-state index contributed by atoms with van der Waals surface area (Å²) >= 11 is 12.0. The van der Waals surface area contributed by atoms with Crippen LogP contribution in [0.3, 0.4) is 0 Å². The molecule has 2 saturated heterocycles. The van der Waals surface area contributed by atoms with Crippen molar-refractivity contribution in [1.29, 1.82) is 0 Å². The molecule has 0 N–H and O–H groups in total. The fourth-order valence-corrected chi connectivity index (χ4v) is 3.54. The van der Waals surface area contributed by atoms with Crippen molar-refractivity contribution in [3.05, 3.63) is 21.5 Å². The molecule has 2 aliphatic rings. The highest BCUT2D eigenvalue weighted by Gasteiger charge is 2.37. The van der Waals surface area contributed by atoms with Gasteiger partial charge in [0.25, 0.3) is 0 Å². The first-order chi connectivity index (χ1) is 10.5. The van der Waals surface area contributed by atoms with E-state index in [2.05, 4.69) is 0 Å². The summed E-state index contributed by atoms with van der Waals surface area (Å²) < 4.78 is 0. The van der Waals surface area contributed by atoms with Crippen molar-refractivity contribution in [2.75, 3.05) is 26.2 Å². The van der Waals surface area contributed by atoms with Crippen LogP contribution in [0, 0.1) is 10.1 Å². The van der Waals surface area contributed by atoms with Gasteiger partial charge in [0.15, 0.2) is 4.84 Å². The van der Waals surface area contributed by atoms with Crippen molar-refractivity contribution in [3.8, 4) is 0 Å². The van der Waals surface area contributed by atoms with Crippen LogP contribution in [0.4, 0.5) is 0 Å². The molecule has 2 heterocycles. The van der Waals surface area contributed by atoms with E-state index in [1.54, 1.807) is 9.80 Å². The molecule has 124 valence electrons. The molecule has 0 spiro atoms. The Morgan fingerprint density at radius 1 is 0.909 bits per heavy atom. The maximum atomic E-state index is 12.6. The second-order valence-corrected chi connectivity index (χ2v) is 6.79. The van der Waals surface area contributed by atoms with E-state index in [1.807, 2.05) is 0 Å². The van der Waals surface area contributed by atoms with Crippen molar-refractivity contribution >= 4 is 29.1 Å². The van der Waals surface area contributed by atoms with Gasteiger partial charge < -0.3 is 9.80 Å². The third kappa shape index (κ3) is 4.04. The molecule has 0 aromatic heterocycles. The SMILES string of the molecule is O=C(/C(=C(\C(Cl)Cl)N1CCCCC1)[N+](=O)[O-])N1CCCCC1. The van der Waals surface area contributed by atoms with Gasteiger partial charge in [-0.05, 0) is 38.5 Å². The number of carbonyl (C=O) groups excluding carboxylic acids is 1. The Kier molecular flexibility index (Phi) is 6.32. The number of alkyl halides is 2. The number of hydrogen-bond acceptors (Lipinski definition) is 4. The minimum Gasteiger partial charge on any atom is -0.367 e. The predicted molar refractivity (Wildman–Crippen MR) is 85.4 cm³/mol. The number of allylic oxidation sites excluding steroid dienone is 1. The topological polar surface area (TPSA) is 66.7 Å². The van der Waals surface area contributed by atoms with Crippen molar-refractivity contribution in [2.24, 2.45) is 0 Å². The Morgan fingerprint density at radius 3 is 1.77 bits per heavy atom. The van der Waals surface area contributed by atoms with Crippen molar-refractivity contribution in [1.82, 2.24) is 9.80 Å². The lowest BCUT2D eigenvalue weighted by Crippen LogP contribution is -2.42. The van der Waals surface area contributed by atoms with Crippen LogP contribution < -0.4 is 0 Å². The molecule has 0 radical (unpaired) electrons. The highest BCUT2D eigenvalue weighted by Crippen LogP contribution is 2.27. The van der Waals surface area contributed by atoms with Crippen molar-refractivity contribution < 1.29 is 9.72 Å². The fourth-order valence-electron chi connectivity index (χ4n) is 3.05. The normalized spacial score (nSPS) is 20.9. The van der Waals surface area contributed by atoms with Gasteiger partial charge in [-0.15, -0.1) is 0 Å². The van der Waals surface area contributed by atoms with E-state index < -0.39 is 21.4 Å². The molecule has 1 amide bonds. The number of nitrogens with zero attached hydrogens (tertiary/aromatic N) is 3. The van der Waals surface area contributed by atoms with Crippen LogP contribution >= 0.6 is 23.2 Å². The highest BCUT2D eigenvalue weighted by atomic mass is 35.5. The molecule has 2 rings (SSSR count).